The largest absolute Gasteiger partial charge is 0.494 e. The van der Waals surface area contributed by atoms with Crippen molar-refractivity contribution in [2.24, 2.45) is 5.10 Å². The van der Waals surface area contributed by atoms with Crippen molar-refractivity contribution >= 4 is 12.1 Å². The zero-order valence-corrected chi connectivity index (χ0v) is 15.8. The van der Waals surface area contributed by atoms with Crippen molar-refractivity contribution in [3.63, 3.8) is 0 Å². The molecule has 144 valence electrons. The van der Waals surface area contributed by atoms with Crippen molar-refractivity contribution in [3.8, 4) is 22.8 Å². The first kappa shape index (κ1) is 19.2. The molecule has 0 fully saturated rings. The topological polar surface area (TPSA) is 88.6 Å². The Morgan fingerprint density at radius 3 is 2.61 bits per heavy atom. The number of benzene rings is 2. The first-order chi connectivity index (χ1) is 13.7. The van der Waals surface area contributed by atoms with Crippen molar-refractivity contribution in [3.05, 3.63) is 65.9 Å². The summed E-state index contributed by atoms with van der Waals surface area (Å²) in [7, 11) is 0. The van der Waals surface area contributed by atoms with Gasteiger partial charge in [0.15, 0.2) is 0 Å². The van der Waals surface area contributed by atoms with E-state index in [1.807, 2.05) is 62.4 Å². The molecule has 2 aromatic carbocycles. The van der Waals surface area contributed by atoms with Gasteiger partial charge in [-0.1, -0.05) is 12.1 Å². The number of ether oxygens (including phenoxy) is 2. The molecule has 0 bridgehead atoms. The minimum atomic E-state index is -0.380. The maximum atomic E-state index is 12.3. The van der Waals surface area contributed by atoms with E-state index in [9.17, 15) is 4.79 Å². The van der Waals surface area contributed by atoms with Gasteiger partial charge in [-0.25, -0.2) is 5.43 Å². The van der Waals surface area contributed by atoms with Crippen LogP contribution in [0.3, 0.4) is 0 Å². The molecular formula is C21H22N4O3. The summed E-state index contributed by atoms with van der Waals surface area (Å²) < 4.78 is 11.0. The van der Waals surface area contributed by atoms with Gasteiger partial charge in [-0.3, -0.25) is 9.89 Å². The van der Waals surface area contributed by atoms with Crippen LogP contribution in [-0.4, -0.2) is 35.5 Å². The molecule has 1 aromatic heterocycles. The molecule has 0 aliphatic rings. The summed E-state index contributed by atoms with van der Waals surface area (Å²) in [6.45, 7) is 5.02. The number of hydrazone groups is 1. The van der Waals surface area contributed by atoms with Crippen LogP contribution in [0.4, 0.5) is 0 Å². The van der Waals surface area contributed by atoms with Gasteiger partial charge in [0.05, 0.1) is 25.1 Å². The predicted molar refractivity (Wildman–Crippen MR) is 108 cm³/mol. The van der Waals surface area contributed by atoms with Crippen molar-refractivity contribution in [2.45, 2.75) is 13.8 Å². The Labute approximate surface area is 163 Å². The second kappa shape index (κ2) is 9.36. The lowest BCUT2D eigenvalue weighted by Crippen LogP contribution is -2.17. The summed E-state index contributed by atoms with van der Waals surface area (Å²) in [6.07, 6.45) is 1.56. The molecule has 0 spiro atoms. The summed E-state index contributed by atoms with van der Waals surface area (Å²) in [5.74, 6) is 1.13. The third kappa shape index (κ3) is 4.76. The fourth-order valence-corrected chi connectivity index (χ4v) is 2.58. The van der Waals surface area contributed by atoms with E-state index in [0.29, 0.717) is 24.6 Å². The molecule has 0 aliphatic heterocycles. The number of amides is 1. The molecule has 1 heterocycles. The Balaban J connectivity index is 1.64. The van der Waals surface area contributed by atoms with Gasteiger partial charge in [0.2, 0.25) is 0 Å². The second-order valence-electron chi connectivity index (χ2n) is 5.80. The lowest BCUT2D eigenvalue weighted by atomic mass is 10.1. The van der Waals surface area contributed by atoms with Gasteiger partial charge < -0.3 is 9.47 Å². The summed E-state index contributed by atoms with van der Waals surface area (Å²) in [4.78, 5) is 12.3. The van der Waals surface area contributed by atoms with Crippen LogP contribution >= 0.6 is 0 Å². The summed E-state index contributed by atoms with van der Waals surface area (Å²) >= 11 is 0. The molecule has 0 unspecified atom stereocenters. The molecule has 1 amide bonds. The van der Waals surface area contributed by atoms with Gasteiger partial charge in [0.25, 0.3) is 5.91 Å². The third-order valence-corrected chi connectivity index (χ3v) is 3.86. The number of nitrogens with zero attached hydrogens (tertiary/aromatic N) is 2. The highest BCUT2D eigenvalue weighted by atomic mass is 16.5. The van der Waals surface area contributed by atoms with E-state index in [2.05, 4.69) is 20.7 Å². The van der Waals surface area contributed by atoms with Gasteiger partial charge in [-0.2, -0.15) is 10.2 Å². The SMILES string of the molecule is CCOc1ccc(C=NNC(=O)c2cc(-c3ccccc3OCC)n[nH]2)cc1. The summed E-state index contributed by atoms with van der Waals surface area (Å²) in [5, 5.41) is 10.9. The third-order valence-electron chi connectivity index (χ3n) is 3.86. The van der Waals surface area contributed by atoms with Crippen molar-refractivity contribution in [1.29, 1.82) is 0 Å². The molecule has 0 aliphatic carbocycles. The molecular weight excluding hydrogens is 356 g/mol. The number of aromatic amines is 1. The number of hydrogen-bond acceptors (Lipinski definition) is 5. The van der Waals surface area contributed by atoms with Gasteiger partial charge in [0, 0.05) is 5.56 Å². The van der Waals surface area contributed by atoms with Gasteiger partial charge in [0.1, 0.15) is 17.2 Å². The first-order valence-electron chi connectivity index (χ1n) is 9.05. The molecule has 3 rings (SSSR count). The lowest BCUT2D eigenvalue weighted by molar-refractivity contribution is 0.0950. The Morgan fingerprint density at radius 2 is 1.86 bits per heavy atom. The maximum Gasteiger partial charge on any atom is 0.289 e. The second-order valence-corrected chi connectivity index (χ2v) is 5.80. The molecule has 2 N–H and O–H groups in total. The number of hydrogen-bond donors (Lipinski definition) is 2. The van der Waals surface area contributed by atoms with Crippen LogP contribution in [0.2, 0.25) is 0 Å². The fraction of sp³-hybridized carbons (Fsp3) is 0.190. The van der Waals surface area contributed by atoms with Crippen molar-refractivity contribution in [1.82, 2.24) is 15.6 Å². The Kier molecular flexibility index (Phi) is 6.41. The van der Waals surface area contributed by atoms with E-state index in [0.717, 1.165) is 22.6 Å². The Morgan fingerprint density at radius 1 is 1.11 bits per heavy atom. The summed E-state index contributed by atoms with van der Waals surface area (Å²) in [6, 6.07) is 16.6. The zero-order chi connectivity index (χ0) is 19.8. The van der Waals surface area contributed by atoms with Crippen LogP contribution in [0, 0.1) is 0 Å². The Hall–Kier alpha value is -3.61. The van der Waals surface area contributed by atoms with Crippen LogP contribution in [0.25, 0.3) is 11.3 Å². The average molecular weight is 378 g/mol. The lowest BCUT2D eigenvalue weighted by Gasteiger charge is -2.07. The van der Waals surface area contributed by atoms with Crippen LogP contribution in [0.5, 0.6) is 11.5 Å². The molecule has 0 saturated carbocycles. The number of aromatic nitrogens is 2. The number of rotatable bonds is 8. The number of H-pyrrole nitrogens is 1. The highest BCUT2D eigenvalue weighted by Crippen LogP contribution is 2.28. The van der Waals surface area contributed by atoms with Crippen LogP contribution in [0.1, 0.15) is 29.9 Å². The van der Waals surface area contributed by atoms with Crippen LogP contribution in [-0.2, 0) is 0 Å². The van der Waals surface area contributed by atoms with E-state index in [1.54, 1.807) is 12.3 Å². The van der Waals surface area contributed by atoms with E-state index in [-0.39, 0.29) is 5.91 Å². The highest BCUT2D eigenvalue weighted by molar-refractivity contribution is 5.94. The molecule has 0 saturated heterocycles. The standard InChI is InChI=1S/C21H22N4O3/c1-3-27-16-11-9-15(10-12-16)14-22-25-21(26)19-13-18(23-24-19)17-7-5-6-8-20(17)28-4-2/h5-14H,3-4H2,1-2H3,(H,23,24)(H,25,26). The monoisotopic (exact) mass is 378 g/mol. The Bertz CT molecular complexity index is 948. The van der Waals surface area contributed by atoms with E-state index < -0.39 is 0 Å². The smallest absolute Gasteiger partial charge is 0.289 e. The van der Waals surface area contributed by atoms with Crippen molar-refractivity contribution < 1.29 is 14.3 Å². The van der Waals surface area contributed by atoms with Crippen LogP contribution < -0.4 is 14.9 Å². The minimum absolute atomic E-state index is 0.310. The molecule has 28 heavy (non-hydrogen) atoms. The van der Waals surface area contributed by atoms with E-state index in [1.165, 1.54) is 0 Å². The molecule has 3 aromatic rings. The molecule has 0 radical (unpaired) electrons. The predicted octanol–water partition coefficient (Wildman–Crippen LogP) is 3.64. The van der Waals surface area contributed by atoms with Crippen molar-refractivity contribution in [2.75, 3.05) is 13.2 Å². The average Bonchev–Trinajstić information content (AvgIpc) is 3.20. The zero-order valence-electron chi connectivity index (χ0n) is 15.8. The van der Waals surface area contributed by atoms with Gasteiger partial charge in [-0.15, -0.1) is 0 Å². The number of para-hydroxylation sites is 1. The van der Waals surface area contributed by atoms with Gasteiger partial charge in [-0.05, 0) is 61.9 Å². The van der Waals surface area contributed by atoms with Crippen LogP contribution in [0.15, 0.2) is 59.7 Å². The summed E-state index contributed by atoms with van der Waals surface area (Å²) in [5.41, 5.74) is 5.09. The number of carbonyl (C=O) groups excluding carboxylic acids is 1. The molecule has 7 nitrogen and oxygen atoms in total. The first-order valence-corrected chi connectivity index (χ1v) is 9.05. The normalized spacial score (nSPS) is 10.8. The van der Waals surface area contributed by atoms with E-state index >= 15 is 0 Å². The number of carbonyl (C=O) groups is 1. The fourth-order valence-electron chi connectivity index (χ4n) is 2.58. The minimum Gasteiger partial charge on any atom is -0.494 e. The van der Waals surface area contributed by atoms with Gasteiger partial charge >= 0.3 is 0 Å². The highest BCUT2D eigenvalue weighted by Gasteiger charge is 2.13. The quantitative estimate of drug-likeness (QED) is 0.463. The molecule has 7 heteroatoms. The number of nitrogens with one attached hydrogen (secondary N) is 2. The maximum absolute atomic E-state index is 12.3. The van der Waals surface area contributed by atoms with E-state index in [4.69, 9.17) is 9.47 Å². The molecule has 0 atom stereocenters.